The van der Waals surface area contributed by atoms with Crippen molar-refractivity contribution in [3.8, 4) is 28.3 Å². The zero-order valence-corrected chi connectivity index (χ0v) is 31.8. The number of nitrogens with zero attached hydrogens (tertiary/aromatic N) is 1. The van der Waals surface area contributed by atoms with Crippen LogP contribution in [0.4, 0.5) is 0 Å². The van der Waals surface area contributed by atoms with Gasteiger partial charge in [0.25, 0.3) is 0 Å². The largest absolute Gasteiger partial charge is 0.521 e. The number of carbonyl (C=O) groups excluding carboxylic acids is 1. The zero-order valence-electron chi connectivity index (χ0n) is 29.4. The van der Waals surface area contributed by atoms with Crippen LogP contribution >= 0.6 is 0 Å². The van der Waals surface area contributed by atoms with Crippen molar-refractivity contribution < 1.29 is 39.2 Å². The van der Waals surface area contributed by atoms with Gasteiger partial charge in [-0.2, -0.15) is 0 Å². The van der Waals surface area contributed by atoms with Crippen molar-refractivity contribution in [2.24, 2.45) is 11.8 Å². The number of fused-ring (bicyclic) bond motifs is 4. The van der Waals surface area contributed by atoms with E-state index in [1.165, 1.54) is 17.0 Å². The summed E-state index contributed by atoms with van der Waals surface area (Å²) in [7, 11) is 0. The van der Waals surface area contributed by atoms with Crippen LogP contribution in [0.2, 0.25) is 0 Å². The number of aromatic nitrogens is 1. The van der Waals surface area contributed by atoms with E-state index in [0.717, 1.165) is 70.4 Å². The number of rotatable bonds is 9. The Morgan fingerprint density at radius 1 is 0.896 bits per heavy atom. The fraction of sp³-hybridized carbons (Fsp3) is 0.381. The van der Waals surface area contributed by atoms with E-state index in [0.29, 0.717) is 0 Å². The molecule has 1 aliphatic rings. The Morgan fingerprint density at radius 3 is 2.21 bits per heavy atom. The first kappa shape index (κ1) is 37.1. The molecule has 6 heteroatoms. The number of ether oxygens (including phenoxy) is 1. The van der Waals surface area contributed by atoms with Gasteiger partial charge in [-0.3, -0.25) is 9.78 Å². The Morgan fingerprint density at radius 2 is 1.54 bits per heavy atom. The van der Waals surface area contributed by atoms with Gasteiger partial charge < -0.3 is 14.3 Å². The number of ketones is 1. The van der Waals surface area contributed by atoms with Crippen LogP contribution in [0.5, 0.6) is 5.75 Å². The molecular formula is C42H48IrNO4-. The second kappa shape index (κ2) is 15.2. The molecule has 6 rings (SSSR count). The zero-order chi connectivity index (χ0) is 33.9. The molecule has 2 aromatic heterocycles. The summed E-state index contributed by atoms with van der Waals surface area (Å²) in [5.41, 5.74) is 4.31. The molecule has 5 aromatic rings. The molecule has 0 amide bonds. The van der Waals surface area contributed by atoms with Gasteiger partial charge in [-0.1, -0.05) is 101 Å². The summed E-state index contributed by atoms with van der Waals surface area (Å²) < 4.78 is 12.7. The Hall–Kier alpha value is -3.73. The van der Waals surface area contributed by atoms with Gasteiger partial charge in [0.2, 0.25) is 0 Å². The van der Waals surface area contributed by atoms with Crippen LogP contribution in [-0.4, -0.2) is 21.5 Å². The first-order valence-corrected chi connectivity index (χ1v) is 17.0. The van der Waals surface area contributed by atoms with Gasteiger partial charge in [0.1, 0.15) is 16.9 Å². The SMILES string of the molecule is CC1(C)Oc2c(-c3cc(-c4cc5ccccc5o4)ccn3)[c-]c3ccccc3c2C1(C)C.CCC(CC)C(=O)/C=C(\O)C(CC)CC.[Ir]. The Kier molecular flexibility index (Phi) is 11.8. The molecule has 48 heavy (non-hydrogen) atoms. The minimum atomic E-state index is -0.349. The number of benzene rings is 3. The number of pyridine rings is 1. The maximum absolute atomic E-state index is 11.7. The minimum absolute atomic E-state index is 0. The average molecular weight is 823 g/mol. The van der Waals surface area contributed by atoms with E-state index in [-0.39, 0.29) is 54.5 Å². The summed E-state index contributed by atoms with van der Waals surface area (Å²) >= 11 is 0. The van der Waals surface area contributed by atoms with Gasteiger partial charge in [0, 0.05) is 66.3 Å². The van der Waals surface area contributed by atoms with E-state index < -0.39 is 0 Å². The summed E-state index contributed by atoms with van der Waals surface area (Å²) in [6.45, 7) is 16.9. The molecule has 3 heterocycles. The number of hydrogen-bond donors (Lipinski definition) is 1. The summed E-state index contributed by atoms with van der Waals surface area (Å²) in [4.78, 5) is 16.4. The fourth-order valence-electron chi connectivity index (χ4n) is 6.46. The summed E-state index contributed by atoms with van der Waals surface area (Å²) in [6.07, 6.45) is 6.74. The maximum Gasteiger partial charge on any atom is 0.162 e. The van der Waals surface area contributed by atoms with E-state index in [1.54, 1.807) is 0 Å². The third-order valence-corrected chi connectivity index (χ3v) is 10.2. The van der Waals surface area contributed by atoms with Crippen molar-refractivity contribution in [3.63, 3.8) is 0 Å². The Labute approximate surface area is 299 Å². The smallest absolute Gasteiger partial charge is 0.162 e. The van der Waals surface area contributed by atoms with Gasteiger partial charge in [0.05, 0.1) is 11.5 Å². The number of carbonyl (C=O) groups is 1. The number of para-hydroxylation sites is 1. The average Bonchev–Trinajstić information content (AvgIpc) is 3.58. The first-order valence-electron chi connectivity index (χ1n) is 17.0. The second-order valence-corrected chi connectivity index (χ2v) is 13.6. The molecule has 0 fully saturated rings. The Balaban J connectivity index is 0.000000279. The third-order valence-electron chi connectivity index (χ3n) is 10.2. The topological polar surface area (TPSA) is 72.6 Å². The van der Waals surface area contributed by atoms with Gasteiger partial charge in [-0.15, -0.1) is 17.5 Å². The number of allylic oxidation sites excluding steroid dienone is 2. The quantitative estimate of drug-likeness (QED) is 0.0911. The maximum atomic E-state index is 11.7. The van der Waals surface area contributed by atoms with Crippen LogP contribution in [0.3, 0.4) is 0 Å². The molecule has 255 valence electrons. The molecular weight excluding hydrogens is 775 g/mol. The van der Waals surface area contributed by atoms with E-state index in [1.807, 2.05) is 58.2 Å². The fourth-order valence-corrected chi connectivity index (χ4v) is 6.46. The normalized spacial score (nSPS) is 14.8. The van der Waals surface area contributed by atoms with Crippen LogP contribution in [0, 0.1) is 17.9 Å². The van der Waals surface area contributed by atoms with Crippen molar-refractivity contribution in [1.82, 2.24) is 4.98 Å². The monoisotopic (exact) mass is 823 g/mol. The predicted octanol–water partition coefficient (Wildman–Crippen LogP) is 11.4. The van der Waals surface area contributed by atoms with E-state index in [9.17, 15) is 9.90 Å². The van der Waals surface area contributed by atoms with Crippen molar-refractivity contribution in [2.75, 3.05) is 0 Å². The molecule has 0 saturated carbocycles. The molecule has 5 nitrogen and oxygen atoms in total. The van der Waals surface area contributed by atoms with Crippen LogP contribution in [-0.2, 0) is 30.3 Å². The third kappa shape index (κ3) is 7.16. The summed E-state index contributed by atoms with van der Waals surface area (Å²) in [5, 5.41) is 13.1. The van der Waals surface area contributed by atoms with Gasteiger partial charge in [-0.25, -0.2) is 0 Å². The van der Waals surface area contributed by atoms with E-state index in [4.69, 9.17) is 14.1 Å². The standard InChI is InChI=1S/C29H24NO2.C13H24O2.Ir/c1-28(2)26-21-11-7-5-9-18(21)15-22(27(26)32-29(28,3)4)23-16-20(13-14-30-23)25-17-19-10-6-8-12-24(19)31-25;1-5-10(6-2)12(14)9-13(15)11(7-3)8-4;/h5-14,16-17H,1-4H3;9-11,14H,5-8H2,1-4H3;/q-1;;/b;12-9-;. The van der Waals surface area contributed by atoms with Gasteiger partial charge >= 0.3 is 0 Å². The van der Waals surface area contributed by atoms with Crippen LogP contribution in [0.25, 0.3) is 44.3 Å². The van der Waals surface area contributed by atoms with Gasteiger partial charge in [-0.05, 0) is 57.7 Å². The molecule has 0 bridgehead atoms. The van der Waals surface area contributed by atoms with Gasteiger partial charge in [0.15, 0.2) is 5.78 Å². The molecule has 0 atom stereocenters. The van der Waals surface area contributed by atoms with Crippen LogP contribution in [0.1, 0.15) is 86.6 Å². The van der Waals surface area contributed by atoms with Crippen molar-refractivity contribution in [3.05, 3.63) is 96.4 Å². The predicted molar refractivity (Wildman–Crippen MR) is 193 cm³/mol. The molecule has 0 aliphatic carbocycles. The molecule has 1 radical (unpaired) electrons. The molecule has 1 N–H and O–H groups in total. The number of furan rings is 1. The number of aliphatic hydroxyl groups is 1. The van der Waals surface area contributed by atoms with Crippen LogP contribution < -0.4 is 4.74 Å². The summed E-state index contributed by atoms with van der Waals surface area (Å²) in [5.74, 6) is 2.26. The van der Waals surface area contributed by atoms with Crippen molar-refractivity contribution in [2.45, 2.75) is 92.1 Å². The molecule has 0 saturated heterocycles. The minimum Gasteiger partial charge on any atom is -0.521 e. The molecule has 1 aliphatic heterocycles. The summed E-state index contributed by atoms with van der Waals surface area (Å²) in [6, 6.07) is 26.2. The number of aliphatic hydroxyl groups excluding tert-OH is 1. The second-order valence-electron chi connectivity index (χ2n) is 13.6. The Bertz CT molecular complexity index is 1880. The van der Waals surface area contributed by atoms with E-state index >= 15 is 0 Å². The van der Waals surface area contributed by atoms with Crippen molar-refractivity contribution >= 4 is 27.5 Å². The first-order chi connectivity index (χ1) is 22.4. The molecule has 0 spiro atoms. The molecule has 0 unspecified atom stereocenters. The van der Waals surface area contributed by atoms with E-state index in [2.05, 4.69) is 76.2 Å². The molecule has 3 aromatic carbocycles. The number of hydrogen-bond acceptors (Lipinski definition) is 5. The van der Waals surface area contributed by atoms with Crippen LogP contribution in [0.15, 0.2) is 89.2 Å². The van der Waals surface area contributed by atoms with Crippen molar-refractivity contribution in [1.29, 1.82) is 0 Å².